The molecule has 4 nitrogen and oxygen atoms in total. The molecule has 0 aliphatic carbocycles. The maximum absolute atomic E-state index is 10.7. The van der Waals surface area contributed by atoms with E-state index in [9.17, 15) is 9.59 Å². The van der Waals surface area contributed by atoms with Crippen molar-refractivity contribution < 1.29 is 19.4 Å². The van der Waals surface area contributed by atoms with Crippen molar-refractivity contribution in [2.45, 2.75) is 12.5 Å². The lowest BCUT2D eigenvalue weighted by Crippen LogP contribution is -2.37. The zero-order valence-electron chi connectivity index (χ0n) is 5.37. The van der Waals surface area contributed by atoms with Gasteiger partial charge in [0.1, 0.15) is 12.7 Å². The summed E-state index contributed by atoms with van der Waals surface area (Å²) in [6.07, 6.45) is -0.858. The smallest absolute Gasteiger partial charge is 0.171 e. The molecule has 0 bridgehead atoms. The number of carbonyl (C=O) groups is 2. The quantitative estimate of drug-likeness (QED) is 0.475. The Balaban J connectivity index is 2.51. The van der Waals surface area contributed by atoms with Gasteiger partial charge in [0.25, 0.3) is 0 Å². The third-order valence-electron chi connectivity index (χ3n) is 1.34. The van der Waals surface area contributed by atoms with E-state index in [4.69, 9.17) is 9.84 Å². The van der Waals surface area contributed by atoms with Crippen LogP contribution in [0, 0.1) is 0 Å². The molecule has 1 unspecified atom stereocenters. The third kappa shape index (κ3) is 1.40. The van der Waals surface area contributed by atoms with Crippen LogP contribution in [0.25, 0.3) is 0 Å². The van der Waals surface area contributed by atoms with Crippen LogP contribution in [0.15, 0.2) is 0 Å². The summed E-state index contributed by atoms with van der Waals surface area (Å²) in [6, 6.07) is 0. The lowest BCUT2D eigenvalue weighted by atomic mass is 10.1. The Labute approximate surface area is 57.8 Å². The average molecular weight is 144 g/mol. The summed E-state index contributed by atoms with van der Waals surface area (Å²) in [5, 5.41) is 8.49. The molecule has 4 heteroatoms. The molecular weight excluding hydrogens is 136 g/mol. The largest absolute Gasteiger partial charge is 0.393 e. The number of aliphatic hydroxyl groups is 1. The minimum atomic E-state index is -0.766. The Kier molecular flexibility index (Phi) is 2.13. The second-order valence-corrected chi connectivity index (χ2v) is 2.16. The molecule has 0 aromatic carbocycles. The predicted octanol–water partition coefficient (Wildman–Crippen LogP) is -1.09. The molecule has 1 heterocycles. The van der Waals surface area contributed by atoms with Gasteiger partial charge in [0.2, 0.25) is 0 Å². The first-order chi connectivity index (χ1) is 4.74. The number of hydrogen-bond acceptors (Lipinski definition) is 4. The molecule has 0 radical (unpaired) electrons. The minimum Gasteiger partial charge on any atom is -0.393 e. The van der Waals surface area contributed by atoms with Crippen molar-refractivity contribution in [2.75, 3.05) is 13.2 Å². The number of hydrogen-bond donors (Lipinski definition) is 1. The lowest BCUT2D eigenvalue weighted by molar-refractivity contribution is -0.148. The number of ketones is 2. The van der Waals surface area contributed by atoms with E-state index in [1.165, 1.54) is 0 Å². The monoisotopic (exact) mass is 144 g/mol. The highest BCUT2D eigenvalue weighted by Crippen LogP contribution is 2.04. The fourth-order valence-electron chi connectivity index (χ4n) is 0.800. The van der Waals surface area contributed by atoms with Gasteiger partial charge in [-0.2, -0.15) is 0 Å². The Bertz CT molecular complexity index is 163. The number of rotatable bonds is 1. The highest BCUT2D eigenvalue weighted by Gasteiger charge is 2.26. The number of carbonyl (C=O) groups excluding carboxylic acids is 2. The van der Waals surface area contributed by atoms with Crippen LogP contribution in [-0.4, -0.2) is 36.0 Å². The summed E-state index contributed by atoms with van der Waals surface area (Å²) in [6.45, 7) is -0.372. The molecule has 10 heavy (non-hydrogen) atoms. The number of Topliss-reactive ketones (excluding diaryl/α,β-unsaturated/α-hetero) is 2. The molecule has 0 amide bonds. The van der Waals surface area contributed by atoms with Crippen molar-refractivity contribution in [1.82, 2.24) is 0 Å². The molecule has 1 aliphatic heterocycles. The lowest BCUT2D eigenvalue weighted by Gasteiger charge is -2.17. The van der Waals surface area contributed by atoms with Gasteiger partial charge in [0, 0.05) is 0 Å². The van der Waals surface area contributed by atoms with E-state index >= 15 is 0 Å². The van der Waals surface area contributed by atoms with E-state index in [1.54, 1.807) is 0 Å². The van der Waals surface area contributed by atoms with Crippen LogP contribution < -0.4 is 0 Å². The van der Waals surface area contributed by atoms with Gasteiger partial charge in [0.15, 0.2) is 11.6 Å². The molecule has 1 rings (SSSR count). The first kappa shape index (κ1) is 7.37. The summed E-state index contributed by atoms with van der Waals surface area (Å²) in [5.74, 6) is -0.534. The molecule has 0 aromatic rings. The Morgan fingerprint density at radius 1 is 1.60 bits per heavy atom. The van der Waals surface area contributed by atoms with E-state index < -0.39 is 6.10 Å². The van der Waals surface area contributed by atoms with Gasteiger partial charge >= 0.3 is 0 Å². The normalized spacial score (nSPS) is 27.1. The van der Waals surface area contributed by atoms with Crippen LogP contribution in [0.2, 0.25) is 0 Å². The van der Waals surface area contributed by atoms with Crippen LogP contribution in [0.3, 0.4) is 0 Å². The van der Waals surface area contributed by atoms with E-state index in [0.717, 1.165) is 0 Å². The topological polar surface area (TPSA) is 63.6 Å². The SMILES string of the molecule is O=C1COC(CO)C(=O)C1. The standard InChI is InChI=1S/C6H8O4/c7-2-6-5(9)1-4(8)3-10-6/h6-7H,1-3H2. The van der Waals surface area contributed by atoms with Gasteiger partial charge in [0.05, 0.1) is 13.0 Å². The highest BCUT2D eigenvalue weighted by atomic mass is 16.5. The fourth-order valence-corrected chi connectivity index (χ4v) is 0.800. The maximum atomic E-state index is 10.7. The molecule has 0 aromatic heterocycles. The molecule has 1 atom stereocenters. The van der Waals surface area contributed by atoms with Crippen molar-refractivity contribution in [3.05, 3.63) is 0 Å². The zero-order chi connectivity index (χ0) is 7.56. The van der Waals surface area contributed by atoms with Gasteiger partial charge < -0.3 is 9.84 Å². The first-order valence-electron chi connectivity index (χ1n) is 3.01. The van der Waals surface area contributed by atoms with Crippen LogP contribution in [0.4, 0.5) is 0 Å². The van der Waals surface area contributed by atoms with Gasteiger partial charge in [-0.3, -0.25) is 9.59 Å². The van der Waals surface area contributed by atoms with Crippen molar-refractivity contribution in [3.8, 4) is 0 Å². The minimum absolute atomic E-state index is 0.0447. The van der Waals surface area contributed by atoms with Crippen LogP contribution in [-0.2, 0) is 14.3 Å². The molecule has 0 saturated carbocycles. The van der Waals surface area contributed by atoms with Gasteiger partial charge in [-0.25, -0.2) is 0 Å². The summed E-state index contributed by atoms with van der Waals surface area (Å²) in [4.78, 5) is 21.2. The Morgan fingerprint density at radius 3 is 2.80 bits per heavy atom. The van der Waals surface area contributed by atoms with Gasteiger partial charge in [-0.15, -0.1) is 0 Å². The molecule has 1 aliphatic rings. The van der Waals surface area contributed by atoms with Gasteiger partial charge in [-0.1, -0.05) is 0 Å². The van der Waals surface area contributed by atoms with Crippen molar-refractivity contribution >= 4 is 11.6 Å². The molecule has 0 spiro atoms. The molecule has 1 N–H and O–H groups in total. The molecule has 1 fully saturated rings. The van der Waals surface area contributed by atoms with Gasteiger partial charge in [-0.05, 0) is 0 Å². The van der Waals surface area contributed by atoms with Crippen LogP contribution in [0.1, 0.15) is 6.42 Å². The van der Waals surface area contributed by atoms with Crippen molar-refractivity contribution in [3.63, 3.8) is 0 Å². The number of ether oxygens (including phenoxy) is 1. The van der Waals surface area contributed by atoms with Crippen molar-refractivity contribution in [1.29, 1.82) is 0 Å². The summed E-state index contributed by atoms with van der Waals surface area (Å²) >= 11 is 0. The Morgan fingerprint density at radius 2 is 2.30 bits per heavy atom. The van der Waals surface area contributed by atoms with E-state index in [2.05, 4.69) is 0 Å². The highest BCUT2D eigenvalue weighted by molar-refractivity contribution is 6.03. The second-order valence-electron chi connectivity index (χ2n) is 2.16. The van der Waals surface area contributed by atoms with E-state index in [1.807, 2.05) is 0 Å². The summed E-state index contributed by atoms with van der Waals surface area (Å²) in [7, 11) is 0. The molecular formula is C6H8O4. The third-order valence-corrected chi connectivity index (χ3v) is 1.34. The average Bonchev–Trinajstić information content (AvgIpc) is 1.88. The molecule has 1 saturated heterocycles. The van der Waals surface area contributed by atoms with E-state index in [0.29, 0.717) is 0 Å². The second kappa shape index (κ2) is 2.90. The van der Waals surface area contributed by atoms with Crippen molar-refractivity contribution in [2.24, 2.45) is 0 Å². The molecule has 56 valence electrons. The predicted molar refractivity (Wildman–Crippen MR) is 31.5 cm³/mol. The summed E-state index contributed by atoms with van der Waals surface area (Å²) < 4.78 is 4.70. The van der Waals surface area contributed by atoms with E-state index in [-0.39, 0.29) is 31.2 Å². The fraction of sp³-hybridized carbons (Fsp3) is 0.667. The number of aliphatic hydroxyl groups excluding tert-OH is 1. The maximum Gasteiger partial charge on any atom is 0.171 e. The van der Waals surface area contributed by atoms with Crippen LogP contribution in [0.5, 0.6) is 0 Å². The first-order valence-corrected chi connectivity index (χ1v) is 3.01. The zero-order valence-corrected chi connectivity index (χ0v) is 5.37. The van der Waals surface area contributed by atoms with Crippen LogP contribution >= 0.6 is 0 Å². The summed E-state index contributed by atoms with van der Waals surface area (Å²) in [5.41, 5.74) is 0. The Hall–Kier alpha value is -0.740.